The van der Waals surface area contributed by atoms with E-state index in [0.29, 0.717) is 5.69 Å². The van der Waals surface area contributed by atoms with E-state index in [4.69, 9.17) is 5.11 Å². The molecule has 0 saturated carbocycles. The van der Waals surface area contributed by atoms with E-state index in [1.54, 1.807) is 20.3 Å². The molecule has 1 rings (SSSR count). The summed E-state index contributed by atoms with van der Waals surface area (Å²) in [4.78, 5) is 42.5. The molecule has 8 heteroatoms. The van der Waals surface area contributed by atoms with Gasteiger partial charge in [-0.3, -0.25) is 14.4 Å². The first-order valence-electron chi connectivity index (χ1n) is 6.60. The first kappa shape index (κ1) is 16.7. The van der Waals surface area contributed by atoms with E-state index in [2.05, 4.69) is 15.3 Å². The minimum Gasteiger partial charge on any atom is -0.481 e. The Morgan fingerprint density at radius 2 is 2.10 bits per heavy atom. The number of carbonyl (C=O) groups excluding carboxylic acids is 2. The zero-order valence-corrected chi connectivity index (χ0v) is 12.1. The molecular formula is C13H20N4O4. The lowest BCUT2D eigenvalue weighted by molar-refractivity contribution is -0.137. The number of likely N-dealkylation sites (N-methyl/N-ethyl adjacent to an activating group) is 1. The van der Waals surface area contributed by atoms with Crippen LogP contribution >= 0.6 is 0 Å². The van der Waals surface area contributed by atoms with E-state index in [0.717, 1.165) is 0 Å². The molecule has 0 radical (unpaired) electrons. The van der Waals surface area contributed by atoms with Crippen molar-refractivity contribution in [2.24, 2.45) is 0 Å². The number of nitrogens with one attached hydrogen (secondary N) is 2. The fourth-order valence-electron chi connectivity index (χ4n) is 1.79. The number of aromatic nitrogens is 2. The van der Waals surface area contributed by atoms with Crippen molar-refractivity contribution in [1.29, 1.82) is 0 Å². The van der Waals surface area contributed by atoms with Gasteiger partial charge in [-0.05, 0) is 6.42 Å². The van der Waals surface area contributed by atoms with Gasteiger partial charge in [0.25, 0.3) is 0 Å². The fraction of sp³-hybridized carbons (Fsp3) is 0.538. The second-order valence-electron chi connectivity index (χ2n) is 4.86. The van der Waals surface area contributed by atoms with Gasteiger partial charge in [-0.15, -0.1) is 0 Å². The number of carboxylic acids is 1. The van der Waals surface area contributed by atoms with Gasteiger partial charge >= 0.3 is 5.97 Å². The summed E-state index contributed by atoms with van der Waals surface area (Å²) in [6.07, 6.45) is 3.69. The molecule has 1 aromatic heterocycles. The molecule has 1 heterocycles. The summed E-state index contributed by atoms with van der Waals surface area (Å²) in [5.74, 6) is -1.52. The molecular weight excluding hydrogens is 276 g/mol. The Morgan fingerprint density at radius 1 is 1.38 bits per heavy atom. The molecule has 0 aliphatic heterocycles. The van der Waals surface area contributed by atoms with E-state index in [1.807, 2.05) is 0 Å². The van der Waals surface area contributed by atoms with Crippen LogP contribution in [0, 0.1) is 0 Å². The monoisotopic (exact) mass is 296 g/mol. The molecule has 1 unspecified atom stereocenters. The maximum atomic E-state index is 12.1. The fourth-order valence-corrected chi connectivity index (χ4v) is 1.79. The lowest BCUT2D eigenvalue weighted by atomic mass is 10.1. The lowest BCUT2D eigenvalue weighted by Crippen LogP contribution is -2.47. The number of H-pyrrole nitrogens is 1. The van der Waals surface area contributed by atoms with Crippen LogP contribution in [-0.2, 0) is 20.8 Å². The summed E-state index contributed by atoms with van der Waals surface area (Å²) in [6, 6.07) is -0.708. The number of aliphatic carboxylic acids is 1. The molecule has 0 bridgehead atoms. The highest BCUT2D eigenvalue weighted by molar-refractivity contribution is 5.87. The molecule has 0 aliphatic rings. The van der Waals surface area contributed by atoms with Crippen molar-refractivity contribution in [2.75, 3.05) is 14.1 Å². The van der Waals surface area contributed by atoms with Crippen LogP contribution in [-0.4, -0.2) is 57.9 Å². The number of hydrogen-bond acceptors (Lipinski definition) is 4. The number of amides is 2. The minimum absolute atomic E-state index is 0.0704. The summed E-state index contributed by atoms with van der Waals surface area (Å²) < 4.78 is 0. The minimum atomic E-state index is -0.944. The highest BCUT2D eigenvalue weighted by Crippen LogP contribution is 2.03. The normalized spacial score (nSPS) is 11.7. The first-order valence-corrected chi connectivity index (χ1v) is 6.60. The van der Waals surface area contributed by atoms with Crippen LogP contribution in [0.4, 0.5) is 0 Å². The van der Waals surface area contributed by atoms with E-state index >= 15 is 0 Å². The molecule has 8 nitrogen and oxygen atoms in total. The largest absolute Gasteiger partial charge is 0.481 e. The molecule has 0 saturated heterocycles. The van der Waals surface area contributed by atoms with Crippen LogP contribution in [0.2, 0.25) is 0 Å². The Bertz CT molecular complexity index is 484. The third-order valence-electron chi connectivity index (χ3n) is 2.84. The first-order chi connectivity index (χ1) is 9.90. The molecule has 21 heavy (non-hydrogen) atoms. The highest BCUT2D eigenvalue weighted by Gasteiger charge is 2.23. The van der Waals surface area contributed by atoms with Crippen LogP contribution in [0.1, 0.15) is 25.0 Å². The number of nitrogens with zero attached hydrogens (tertiary/aromatic N) is 2. The average Bonchev–Trinajstić information content (AvgIpc) is 2.89. The molecule has 1 atom stereocenters. The van der Waals surface area contributed by atoms with Crippen molar-refractivity contribution in [1.82, 2.24) is 20.2 Å². The SMILES string of the molecule is CN(C)C(=O)C(Cc1c[nH]cn1)NC(=O)CCCC(=O)O. The predicted molar refractivity (Wildman–Crippen MR) is 74.4 cm³/mol. The standard InChI is InChI=1S/C13H20N4O4/c1-17(2)13(21)10(6-9-7-14-8-15-9)16-11(18)4-3-5-12(19)20/h7-8,10H,3-6H2,1-2H3,(H,14,15)(H,16,18)(H,19,20). The Labute approximate surface area is 122 Å². The predicted octanol–water partition coefficient (Wildman–Crippen LogP) is -0.220. The van der Waals surface area contributed by atoms with Gasteiger partial charge in [0.05, 0.1) is 12.0 Å². The highest BCUT2D eigenvalue weighted by atomic mass is 16.4. The summed E-state index contributed by atoms with van der Waals surface area (Å²) in [5, 5.41) is 11.2. The van der Waals surface area contributed by atoms with Crippen LogP contribution in [0.3, 0.4) is 0 Å². The Balaban J connectivity index is 2.58. The number of hydrogen-bond donors (Lipinski definition) is 3. The molecule has 116 valence electrons. The maximum absolute atomic E-state index is 12.1. The van der Waals surface area contributed by atoms with E-state index in [-0.39, 0.29) is 37.5 Å². The van der Waals surface area contributed by atoms with Gasteiger partial charge in [-0.25, -0.2) is 4.98 Å². The molecule has 2 amide bonds. The molecule has 1 aromatic rings. The second kappa shape index (κ2) is 8.03. The van der Waals surface area contributed by atoms with Gasteiger partial charge in [-0.1, -0.05) is 0 Å². The number of carboxylic acid groups (broad SMARTS) is 1. The Morgan fingerprint density at radius 3 is 2.62 bits per heavy atom. The summed E-state index contributed by atoms with van der Waals surface area (Å²) >= 11 is 0. The molecule has 0 fully saturated rings. The third kappa shape index (κ3) is 6.07. The average molecular weight is 296 g/mol. The summed E-state index contributed by atoms with van der Waals surface area (Å²) in [6.45, 7) is 0. The summed E-state index contributed by atoms with van der Waals surface area (Å²) in [5.41, 5.74) is 0.668. The van der Waals surface area contributed by atoms with Crippen LogP contribution in [0.5, 0.6) is 0 Å². The van der Waals surface area contributed by atoms with Crippen molar-refractivity contribution in [3.05, 3.63) is 18.2 Å². The smallest absolute Gasteiger partial charge is 0.303 e. The van der Waals surface area contributed by atoms with E-state index in [9.17, 15) is 14.4 Å². The Kier molecular flexibility index (Phi) is 6.38. The lowest BCUT2D eigenvalue weighted by Gasteiger charge is -2.21. The van der Waals surface area contributed by atoms with Crippen molar-refractivity contribution >= 4 is 17.8 Å². The van der Waals surface area contributed by atoms with E-state index in [1.165, 1.54) is 11.2 Å². The van der Waals surface area contributed by atoms with Crippen molar-refractivity contribution in [3.8, 4) is 0 Å². The van der Waals surface area contributed by atoms with Crippen molar-refractivity contribution in [2.45, 2.75) is 31.7 Å². The number of rotatable bonds is 8. The van der Waals surface area contributed by atoms with Crippen LogP contribution in [0.25, 0.3) is 0 Å². The van der Waals surface area contributed by atoms with Crippen LogP contribution in [0.15, 0.2) is 12.5 Å². The van der Waals surface area contributed by atoms with Crippen LogP contribution < -0.4 is 5.32 Å². The van der Waals surface area contributed by atoms with Gasteiger partial charge in [0.2, 0.25) is 11.8 Å². The number of aromatic amines is 1. The van der Waals surface area contributed by atoms with Gasteiger partial charge in [-0.2, -0.15) is 0 Å². The zero-order valence-electron chi connectivity index (χ0n) is 12.1. The number of carbonyl (C=O) groups is 3. The topological polar surface area (TPSA) is 115 Å². The second-order valence-corrected chi connectivity index (χ2v) is 4.86. The van der Waals surface area contributed by atoms with E-state index < -0.39 is 12.0 Å². The zero-order chi connectivity index (χ0) is 15.8. The molecule has 0 aliphatic carbocycles. The Hall–Kier alpha value is -2.38. The van der Waals surface area contributed by atoms with Gasteiger partial charge < -0.3 is 20.3 Å². The van der Waals surface area contributed by atoms with Gasteiger partial charge in [0, 0.05) is 39.6 Å². The van der Waals surface area contributed by atoms with Gasteiger partial charge in [0.15, 0.2) is 0 Å². The maximum Gasteiger partial charge on any atom is 0.303 e. The quantitative estimate of drug-likeness (QED) is 0.613. The van der Waals surface area contributed by atoms with Crippen molar-refractivity contribution in [3.63, 3.8) is 0 Å². The van der Waals surface area contributed by atoms with Gasteiger partial charge in [0.1, 0.15) is 6.04 Å². The number of imidazole rings is 1. The molecule has 0 aromatic carbocycles. The molecule has 3 N–H and O–H groups in total. The summed E-state index contributed by atoms with van der Waals surface area (Å²) in [7, 11) is 3.22. The molecule has 0 spiro atoms. The van der Waals surface area contributed by atoms with Crippen molar-refractivity contribution < 1.29 is 19.5 Å². The third-order valence-corrected chi connectivity index (χ3v) is 2.84.